The maximum atomic E-state index is 8.67. The van der Waals surface area contributed by atoms with Crippen LogP contribution in [0.4, 0.5) is 5.69 Å². The normalized spacial score (nSPS) is 8.46. The highest BCUT2D eigenvalue weighted by Crippen LogP contribution is 2.19. The van der Waals surface area contributed by atoms with Gasteiger partial charge in [-0.1, -0.05) is 0 Å². The van der Waals surface area contributed by atoms with Crippen molar-refractivity contribution in [2.45, 2.75) is 0 Å². The minimum atomic E-state index is -0.0708. The second-order valence-corrected chi connectivity index (χ2v) is 2.31. The number of rotatable bonds is 2. The van der Waals surface area contributed by atoms with Gasteiger partial charge in [0.05, 0.1) is 5.56 Å². The van der Waals surface area contributed by atoms with E-state index in [4.69, 9.17) is 21.0 Å². The average molecular weight is 173 g/mol. The molecule has 0 amide bonds. The largest absolute Gasteiger partial charge is 0.477 e. The summed E-state index contributed by atoms with van der Waals surface area (Å²) >= 11 is 0. The second kappa shape index (κ2) is 3.99. The van der Waals surface area contributed by atoms with Crippen LogP contribution < -0.4 is 10.5 Å². The number of hydrogen-bond acceptors (Lipinski definition) is 4. The van der Waals surface area contributed by atoms with Gasteiger partial charge in [-0.05, 0) is 18.2 Å². The zero-order valence-corrected chi connectivity index (χ0v) is 6.82. The Hall–Kier alpha value is -2.20. The first kappa shape index (κ1) is 8.89. The summed E-state index contributed by atoms with van der Waals surface area (Å²) in [6.45, 7) is -0.0708. The number of hydrogen-bond donors (Lipinski definition) is 1. The van der Waals surface area contributed by atoms with Gasteiger partial charge in [0.2, 0.25) is 0 Å². The molecule has 0 aliphatic carbocycles. The van der Waals surface area contributed by atoms with Crippen molar-refractivity contribution >= 4 is 5.69 Å². The third-order valence-electron chi connectivity index (χ3n) is 1.42. The molecule has 0 aliphatic rings. The predicted octanol–water partition coefficient (Wildman–Crippen LogP) is 1.04. The Labute approximate surface area is 75.8 Å². The summed E-state index contributed by atoms with van der Waals surface area (Å²) in [5.74, 6) is 0.387. The molecule has 1 rings (SSSR count). The molecule has 0 aromatic heterocycles. The molecule has 0 unspecified atom stereocenters. The van der Waals surface area contributed by atoms with Gasteiger partial charge in [-0.2, -0.15) is 10.5 Å². The standard InChI is InChI=1S/C9H7N3O/c10-3-4-13-9-2-1-8(12)5-7(9)6-11/h1-2,5H,4,12H2. The molecule has 0 atom stereocenters. The number of nitrogens with two attached hydrogens (primary N) is 1. The van der Waals surface area contributed by atoms with E-state index in [1.807, 2.05) is 12.1 Å². The molecule has 2 N–H and O–H groups in total. The molecule has 0 bridgehead atoms. The van der Waals surface area contributed by atoms with E-state index in [0.29, 0.717) is 17.0 Å². The first-order valence-electron chi connectivity index (χ1n) is 3.57. The van der Waals surface area contributed by atoms with Gasteiger partial charge in [-0.25, -0.2) is 0 Å². The van der Waals surface area contributed by atoms with Crippen molar-refractivity contribution < 1.29 is 4.74 Å². The smallest absolute Gasteiger partial charge is 0.174 e. The Morgan fingerprint density at radius 2 is 2.15 bits per heavy atom. The van der Waals surface area contributed by atoms with Crippen LogP contribution in [0.25, 0.3) is 0 Å². The lowest BCUT2D eigenvalue weighted by Gasteiger charge is -2.03. The second-order valence-electron chi connectivity index (χ2n) is 2.31. The number of nitrogen functional groups attached to an aromatic ring is 1. The van der Waals surface area contributed by atoms with Crippen molar-refractivity contribution in [2.75, 3.05) is 12.3 Å². The molecule has 0 saturated carbocycles. The molecule has 0 aliphatic heterocycles. The molecule has 4 heteroatoms. The van der Waals surface area contributed by atoms with Crippen LogP contribution in [0.2, 0.25) is 0 Å². The molecule has 4 nitrogen and oxygen atoms in total. The van der Waals surface area contributed by atoms with Gasteiger partial charge in [0.25, 0.3) is 0 Å². The molecule has 0 spiro atoms. The topological polar surface area (TPSA) is 82.8 Å². The summed E-state index contributed by atoms with van der Waals surface area (Å²) in [6, 6.07) is 8.45. The Morgan fingerprint density at radius 1 is 1.38 bits per heavy atom. The van der Waals surface area contributed by atoms with E-state index < -0.39 is 0 Å². The van der Waals surface area contributed by atoms with E-state index in [0.717, 1.165) is 0 Å². The van der Waals surface area contributed by atoms with Crippen molar-refractivity contribution in [1.82, 2.24) is 0 Å². The van der Waals surface area contributed by atoms with Gasteiger partial charge in [-0.3, -0.25) is 0 Å². The van der Waals surface area contributed by atoms with Gasteiger partial charge in [0.15, 0.2) is 6.61 Å². The van der Waals surface area contributed by atoms with Gasteiger partial charge < -0.3 is 10.5 Å². The lowest BCUT2D eigenvalue weighted by Crippen LogP contribution is -1.96. The minimum Gasteiger partial charge on any atom is -0.477 e. The summed E-state index contributed by atoms with van der Waals surface area (Å²) < 4.78 is 4.99. The first-order valence-corrected chi connectivity index (χ1v) is 3.57. The molecule has 13 heavy (non-hydrogen) atoms. The molecule has 1 aromatic carbocycles. The average Bonchev–Trinajstić information content (AvgIpc) is 2.16. The van der Waals surface area contributed by atoms with E-state index in [9.17, 15) is 0 Å². The molecule has 64 valence electrons. The highest BCUT2D eigenvalue weighted by molar-refractivity contribution is 5.53. The van der Waals surface area contributed by atoms with Crippen molar-refractivity contribution in [2.24, 2.45) is 0 Å². The van der Waals surface area contributed by atoms with Gasteiger partial charge in [0.1, 0.15) is 17.9 Å². The monoisotopic (exact) mass is 173 g/mol. The molecule has 0 heterocycles. The van der Waals surface area contributed by atoms with Crippen LogP contribution in [0.15, 0.2) is 18.2 Å². The number of benzene rings is 1. The predicted molar refractivity (Wildman–Crippen MR) is 46.7 cm³/mol. The van der Waals surface area contributed by atoms with E-state index in [1.165, 1.54) is 6.07 Å². The number of ether oxygens (including phenoxy) is 1. The van der Waals surface area contributed by atoms with Crippen LogP contribution in [-0.4, -0.2) is 6.61 Å². The molecular weight excluding hydrogens is 166 g/mol. The number of nitriles is 2. The van der Waals surface area contributed by atoms with Crippen molar-refractivity contribution in [3.63, 3.8) is 0 Å². The summed E-state index contributed by atoms with van der Waals surface area (Å²) in [5, 5.41) is 16.9. The van der Waals surface area contributed by atoms with E-state index in [1.54, 1.807) is 12.1 Å². The molecule has 1 aromatic rings. The minimum absolute atomic E-state index is 0.0708. The van der Waals surface area contributed by atoms with E-state index >= 15 is 0 Å². The molecule has 0 radical (unpaired) electrons. The maximum absolute atomic E-state index is 8.67. The van der Waals surface area contributed by atoms with Crippen molar-refractivity contribution in [1.29, 1.82) is 10.5 Å². The fourth-order valence-electron chi connectivity index (χ4n) is 0.871. The molecule has 0 fully saturated rings. The Morgan fingerprint density at radius 3 is 2.77 bits per heavy atom. The van der Waals surface area contributed by atoms with Crippen molar-refractivity contribution in [3.8, 4) is 17.9 Å². The fourth-order valence-corrected chi connectivity index (χ4v) is 0.871. The first-order chi connectivity index (χ1) is 6.27. The number of nitrogens with zero attached hydrogens (tertiary/aromatic N) is 2. The highest BCUT2D eigenvalue weighted by atomic mass is 16.5. The molecular formula is C9H7N3O. The highest BCUT2D eigenvalue weighted by Gasteiger charge is 2.02. The third-order valence-corrected chi connectivity index (χ3v) is 1.42. The summed E-state index contributed by atoms with van der Waals surface area (Å²) in [6.07, 6.45) is 0. The quantitative estimate of drug-likeness (QED) is 0.677. The van der Waals surface area contributed by atoms with Crippen LogP contribution in [0.5, 0.6) is 5.75 Å². The van der Waals surface area contributed by atoms with Crippen LogP contribution in [-0.2, 0) is 0 Å². The lowest BCUT2D eigenvalue weighted by molar-refractivity contribution is 0.367. The Bertz CT molecular complexity index is 387. The summed E-state index contributed by atoms with van der Waals surface area (Å²) in [4.78, 5) is 0. The van der Waals surface area contributed by atoms with E-state index in [2.05, 4.69) is 0 Å². The van der Waals surface area contributed by atoms with Crippen LogP contribution >= 0.6 is 0 Å². The number of anilines is 1. The maximum Gasteiger partial charge on any atom is 0.174 e. The fraction of sp³-hybridized carbons (Fsp3) is 0.111. The SMILES string of the molecule is N#CCOc1ccc(N)cc1C#N. The lowest BCUT2D eigenvalue weighted by atomic mass is 10.2. The summed E-state index contributed by atoms with van der Waals surface area (Å²) in [7, 11) is 0. The van der Waals surface area contributed by atoms with Gasteiger partial charge in [0, 0.05) is 5.69 Å². The Kier molecular flexibility index (Phi) is 2.73. The zero-order valence-electron chi connectivity index (χ0n) is 6.82. The van der Waals surface area contributed by atoms with Crippen LogP contribution in [0.3, 0.4) is 0 Å². The van der Waals surface area contributed by atoms with Gasteiger partial charge in [-0.15, -0.1) is 0 Å². The zero-order chi connectivity index (χ0) is 9.68. The Balaban J connectivity index is 2.96. The van der Waals surface area contributed by atoms with Gasteiger partial charge >= 0.3 is 0 Å². The third kappa shape index (κ3) is 2.11. The molecule has 0 saturated heterocycles. The van der Waals surface area contributed by atoms with Crippen molar-refractivity contribution in [3.05, 3.63) is 23.8 Å². The summed E-state index contributed by atoms with van der Waals surface area (Å²) in [5.41, 5.74) is 6.30. The van der Waals surface area contributed by atoms with E-state index in [-0.39, 0.29) is 6.61 Å². The van der Waals surface area contributed by atoms with Crippen LogP contribution in [0, 0.1) is 22.7 Å². The van der Waals surface area contributed by atoms with Crippen LogP contribution in [0.1, 0.15) is 5.56 Å².